The van der Waals surface area contributed by atoms with E-state index in [1.807, 2.05) is 19.1 Å². The highest BCUT2D eigenvalue weighted by Gasteiger charge is 2.32. The van der Waals surface area contributed by atoms with Crippen LogP contribution in [0.4, 0.5) is 27.5 Å². The lowest BCUT2D eigenvalue weighted by atomic mass is 10.0. The predicted molar refractivity (Wildman–Crippen MR) is 125 cm³/mol. The maximum Gasteiger partial charge on any atom is 0.335 e. The van der Waals surface area contributed by atoms with Crippen molar-refractivity contribution in [3.63, 3.8) is 0 Å². The molecule has 3 aromatic heterocycles. The minimum atomic E-state index is -1.34. The lowest BCUT2D eigenvalue weighted by molar-refractivity contribution is 0.0737. The monoisotopic (exact) mass is 485 g/mol. The highest BCUT2D eigenvalue weighted by atomic mass is 32.1. The summed E-state index contributed by atoms with van der Waals surface area (Å²) in [5.41, 5.74) is 0.768. The van der Waals surface area contributed by atoms with E-state index in [4.69, 9.17) is 8.42 Å². The van der Waals surface area contributed by atoms with Crippen molar-refractivity contribution in [2.75, 3.05) is 10.6 Å². The highest BCUT2D eigenvalue weighted by Crippen LogP contribution is 2.36. The van der Waals surface area contributed by atoms with Crippen molar-refractivity contribution in [1.82, 2.24) is 15.0 Å². The van der Waals surface area contributed by atoms with Gasteiger partial charge >= 0.3 is 11.6 Å². The van der Waals surface area contributed by atoms with Gasteiger partial charge in [-0.15, -0.1) is 0 Å². The Morgan fingerprint density at radius 2 is 1.85 bits per heavy atom. The summed E-state index contributed by atoms with van der Waals surface area (Å²) in [7, 11) is 0. The van der Waals surface area contributed by atoms with E-state index in [2.05, 4.69) is 25.6 Å². The number of aliphatic hydroxyl groups is 1. The molecule has 0 bridgehead atoms. The van der Waals surface area contributed by atoms with Crippen LogP contribution in [0.3, 0.4) is 0 Å². The van der Waals surface area contributed by atoms with Crippen molar-refractivity contribution in [1.29, 1.82) is 0 Å². The molecule has 0 aromatic carbocycles. The zero-order valence-electron chi connectivity index (χ0n) is 18.8. The van der Waals surface area contributed by atoms with Crippen LogP contribution in [0.2, 0.25) is 0 Å². The molecule has 1 saturated carbocycles. The van der Waals surface area contributed by atoms with Crippen LogP contribution in [0.25, 0.3) is 0 Å². The van der Waals surface area contributed by atoms with Gasteiger partial charge in [0.15, 0.2) is 5.78 Å². The Kier molecular flexibility index (Phi) is 7.79. The van der Waals surface area contributed by atoms with Crippen LogP contribution >= 0.6 is 0 Å². The molecule has 11 heteroatoms. The molecule has 9 nitrogen and oxygen atoms in total. The van der Waals surface area contributed by atoms with Gasteiger partial charge in [-0.2, -0.15) is 12.8 Å². The molecule has 1 aliphatic rings. The second-order valence-electron chi connectivity index (χ2n) is 8.33. The van der Waals surface area contributed by atoms with E-state index < -0.39 is 23.1 Å². The van der Waals surface area contributed by atoms with Gasteiger partial charge < -0.3 is 15.7 Å². The third-order valence-electron chi connectivity index (χ3n) is 5.14. The number of nitrogens with one attached hydrogen (secondary N) is 2. The maximum absolute atomic E-state index is 14.3. The minimum absolute atomic E-state index is 0.0381. The average Bonchev–Trinajstić information content (AvgIpc) is 3.60. The molecule has 1 fully saturated rings. The Labute approximate surface area is 199 Å². The molecule has 0 unspecified atom stereocenters. The third kappa shape index (κ3) is 6.27. The quantitative estimate of drug-likeness (QED) is 0.336. The SMILES string of the molecule is Cc1cccnc1Nc1cc(Nc2ccc(C(C)(C)O)c(F)n2)ncc1C(=O)C1CC1.O=S=O. The van der Waals surface area contributed by atoms with Crippen LogP contribution in [-0.4, -0.2) is 34.3 Å². The first-order valence-electron chi connectivity index (χ1n) is 10.4. The van der Waals surface area contributed by atoms with E-state index in [9.17, 15) is 14.3 Å². The van der Waals surface area contributed by atoms with Crippen molar-refractivity contribution < 1.29 is 22.7 Å². The number of nitrogens with zero attached hydrogens (tertiary/aromatic N) is 3. The molecule has 0 atom stereocenters. The molecule has 0 aliphatic heterocycles. The molecule has 34 heavy (non-hydrogen) atoms. The first-order valence-corrected chi connectivity index (χ1v) is 11.1. The molecule has 0 saturated heterocycles. The van der Waals surface area contributed by atoms with E-state index >= 15 is 0 Å². The molecule has 0 spiro atoms. The fourth-order valence-corrected chi connectivity index (χ4v) is 3.22. The first kappa shape index (κ1) is 25.1. The highest BCUT2D eigenvalue weighted by molar-refractivity contribution is 7.51. The van der Waals surface area contributed by atoms with Gasteiger partial charge in [0.2, 0.25) is 5.95 Å². The molecule has 3 aromatic rings. The van der Waals surface area contributed by atoms with E-state index in [1.165, 1.54) is 26.1 Å². The normalized spacial score (nSPS) is 12.9. The van der Waals surface area contributed by atoms with Gasteiger partial charge in [-0.05, 0) is 57.4 Å². The fourth-order valence-electron chi connectivity index (χ4n) is 3.22. The van der Waals surface area contributed by atoms with Crippen molar-refractivity contribution in [2.24, 2.45) is 5.92 Å². The Balaban J connectivity index is 0.00000103. The number of hydrogen-bond donors (Lipinski definition) is 3. The molecule has 3 heterocycles. The zero-order valence-corrected chi connectivity index (χ0v) is 19.6. The molecular formula is C23H24FN5O4S. The van der Waals surface area contributed by atoms with E-state index in [0.29, 0.717) is 22.9 Å². The van der Waals surface area contributed by atoms with Gasteiger partial charge in [-0.25, -0.2) is 15.0 Å². The van der Waals surface area contributed by atoms with E-state index in [-0.39, 0.29) is 23.1 Å². The topological polar surface area (TPSA) is 134 Å². The van der Waals surface area contributed by atoms with Gasteiger partial charge in [-0.3, -0.25) is 4.79 Å². The zero-order chi connectivity index (χ0) is 24.9. The van der Waals surface area contributed by atoms with Crippen LogP contribution in [0.15, 0.2) is 42.7 Å². The number of carbonyl (C=O) groups is 1. The number of Topliss-reactive ketones (excluding diaryl/α,β-unsaturated/α-hetero) is 1. The number of pyridine rings is 3. The van der Waals surface area contributed by atoms with Gasteiger partial charge in [0.05, 0.1) is 16.9 Å². The Morgan fingerprint density at radius 3 is 2.44 bits per heavy atom. The molecule has 3 N–H and O–H groups in total. The van der Waals surface area contributed by atoms with Gasteiger partial charge in [0.25, 0.3) is 0 Å². The van der Waals surface area contributed by atoms with E-state index in [0.717, 1.165) is 18.4 Å². The number of ketones is 1. The number of rotatable bonds is 7. The summed E-state index contributed by atoms with van der Waals surface area (Å²) in [6.07, 6.45) is 4.97. The Hall–Kier alpha value is -3.57. The van der Waals surface area contributed by atoms with Crippen molar-refractivity contribution in [3.8, 4) is 0 Å². The van der Waals surface area contributed by atoms with Crippen LogP contribution < -0.4 is 10.6 Å². The van der Waals surface area contributed by atoms with Crippen molar-refractivity contribution in [2.45, 2.75) is 39.2 Å². The largest absolute Gasteiger partial charge is 0.386 e. The fraction of sp³-hybridized carbons (Fsp3) is 0.304. The third-order valence-corrected chi connectivity index (χ3v) is 5.14. The summed E-state index contributed by atoms with van der Waals surface area (Å²) in [5.74, 6) is 0.597. The van der Waals surface area contributed by atoms with Gasteiger partial charge in [-0.1, -0.05) is 6.07 Å². The number of aromatic nitrogens is 3. The predicted octanol–water partition coefficient (Wildman–Crippen LogP) is 3.96. The van der Waals surface area contributed by atoms with Crippen molar-refractivity contribution in [3.05, 3.63) is 65.4 Å². The summed E-state index contributed by atoms with van der Waals surface area (Å²) in [6.45, 7) is 4.92. The van der Waals surface area contributed by atoms with Crippen LogP contribution in [0.1, 0.15) is 48.2 Å². The summed E-state index contributed by atoms with van der Waals surface area (Å²) >= 11 is -0.750. The van der Waals surface area contributed by atoms with Gasteiger partial charge in [0.1, 0.15) is 17.5 Å². The lowest BCUT2D eigenvalue weighted by Gasteiger charge is -2.18. The lowest BCUT2D eigenvalue weighted by Crippen LogP contribution is -2.18. The van der Waals surface area contributed by atoms with Crippen LogP contribution in [-0.2, 0) is 17.2 Å². The second kappa shape index (κ2) is 10.6. The summed E-state index contributed by atoms with van der Waals surface area (Å²) in [5, 5.41) is 16.2. The Bertz CT molecular complexity index is 1240. The summed E-state index contributed by atoms with van der Waals surface area (Å²) in [6, 6.07) is 8.50. The molecule has 4 rings (SSSR count). The number of halogens is 1. The minimum Gasteiger partial charge on any atom is -0.386 e. The number of hydrogen-bond acceptors (Lipinski definition) is 9. The number of carbonyl (C=O) groups excluding carboxylic acids is 1. The Morgan fingerprint density at radius 1 is 1.15 bits per heavy atom. The number of anilines is 4. The van der Waals surface area contributed by atoms with Gasteiger partial charge in [0, 0.05) is 29.9 Å². The molecule has 0 amide bonds. The standard InChI is InChI=1S/C23H24FN5O2.O2S/c1-13-5-4-10-25-22(13)27-17-11-19(26-12-15(17)20(30)14-6-7-14)28-18-9-8-16(21(24)29-18)23(2,3)31;1-3-2/h4-5,8-12,14,31H,6-7H2,1-3H3,(H2,25,26,27,28,29);. The summed E-state index contributed by atoms with van der Waals surface area (Å²) < 4.78 is 30.9. The molecular weight excluding hydrogens is 461 g/mol. The molecule has 1 aliphatic carbocycles. The van der Waals surface area contributed by atoms with Crippen molar-refractivity contribution >= 4 is 40.5 Å². The van der Waals surface area contributed by atoms with Crippen LogP contribution in [0, 0.1) is 18.8 Å². The maximum atomic E-state index is 14.3. The van der Waals surface area contributed by atoms with E-state index in [1.54, 1.807) is 18.3 Å². The summed E-state index contributed by atoms with van der Waals surface area (Å²) in [4.78, 5) is 25.3. The molecule has 178 valence electrons. The number of aryl methyl sites for hydroxylation is 1. The molecule has 0 radical (unpaired) electrons. The smallest absolute Gasteiger partial charge is 0.335 e. The average molecular weight is 486 g/mol. The van der Waals surface area contributed by atoms with Crippen LogP contribution in [0.5, 0.6) is 0 Å². The first-order chi connectivity index (χ1) is 16.1. The second-order valence-corrected chi connectivity index (χ2v) is 8.47.